The van der Waals surface area contributed by atoms with E-state index in [-0.39, 0.29) is 5.75 Å². The molecule has 4 aromatic rings. The van der Waals surface area contributed by atoms with Gasteiger partial charge in [0.25, 0.3) is 6.01 Å². The highest BCUT2D eigenvalue weighted by molar-refractivity contribution is 6.34. The van der Waals surface area contributed by atoms with Gasteiger partial charge in [-0.25, -0.2) is 4.98 Å². The minimum Gasteiger partial charge on any atom is -0.506 e. The Morgan fingerprint density at radius 2 is 1.84 bits per heavy atom. The predicted octanol–water partition coefficient (Wildman–Crippen LogP) is 4.59. The number of rotatable bonds is 3. The third-order valence-corrected chi connectivity index (χ3v) is 4.06. The van der Waals surface area contributed by atoms with E-state index in [1.807, 2.05) is 20.2 Å². The monoisotopic (exact) mass is 355 g/mol. The smallest absolute Gasteiger partial charge is 0.297 e. The Morgan fingerprint density at radius 1 is 1.08 bits per heavy atom. The molecular formula is C18H14ClN3O3. The standard InChI is InChI=1S/C18H14ClN3O3/c1-22(2)18-21-14-8-11(4-6-16(14)25-18)24-10-3-5-12-13(7-10)17(19)20-9-15(12)23/h3-9,23H,1-2H3. The molecule has 0 aliphatic carbocycles. The summed E-state index contributed by atoms with van der Waals surface area (Å²) in [4.78, 5) is 10.2. The van der Waals surface area contributed by atoms with Crippen LogP contribution in [0.2, 0.25) is 5.15 Å². The second-order valence-electron chi connectivity index (χ2n) is 5.76. The van der Waals surface area contributed by atoms with Crippen LogP contribution in [0, 0.1) is 0 Å². The Bertz CT molecular complexity index is 1090. The van der Waals surface area contributed by atoms with Crippen LogP contribution in [0.15, 0.2) is 47.0 Å². The van der Waals surface area contributed by atoms with Crippen molar-refractivity contribution < 1.29 is 14.3 Å². The van der Waals surface area contributed by atoms with Gasteiger partial charge in [0.15, 0.2) is 5.58 Å². The highest BCUT2D eigenvalue weighted by Gasteiger charge is 2.10. The maximum absolute atomic E-state index is 9.86. The Kier molecular flexibility index (Phi) is 3.62. The van der Waals surface area contributed by atoms with Gasteiger partial charge in [-0.05, 0) is 30.3 Å². The summed E-state index contributed by atoms with van der Waals surface area (Å²) >= 11 is 6.11. The Hall–Kier alpha value is -2.99. The topological polar surface area (TPSA) is 71.6 Å². The number of hydrogen-bond donors (Lipinski definition) is 1. The fourth-order valence-corrected chi connectivity index (χ4v) is 2.73. The average molecular weight is 356 g/mol. The van der Waals surface area contributed by atoms with Crippen molar-refractivity contribution in [1.82, 2.24) is 9.97 Å². The molecule has 4 rings (SSSR count). The van der Waals surface area contributed by atoms with Gasteiger partial charge in [0.05, 0.1) is 6.20 Å². The van der Waals surface area contributed by atoms with E-state index in [0.717, 1.165) is 0 Å². The number of oxazole rings is 1. The van der Waals surface area contributed by atoms with Gasteiger partial charge in [-0.1, -0.05) is 11.6 Å². The third-order valence-electron chi connectivity index (χ3n) is 3.76. The van der Waals surface area contributed by atoms with Gasteiger partial charge < -0.3 is 19.2 Å². The maximum Gasteiger partial charge on any atom is 0.297 e. The van der Waals surface area contributed by atoms with Crippen molar-refractivity contribution in [3.8, 4) is 17.2 Å². The minimum atomic E-state index is 0.0752. The quantitative estimate of drug-likeness (QED) is 0.542. The number of ether oxygens (including phenoxy) is 1. The van der Waals surface area contributed by atoms with Crippen molar-refractivity contribution in [2.75, 3.05) is 19.0 Å². The van der Waals surface area contributed by atoms with E-state index in [0.29, 0.717) is 44.5 Å². The fraction of sp³-hybridized carbons (Fsp3) is 0.111. The summed E-state index contributed by atoms with van der Waals surface area (Å²) in [6.07, 6.45) is 1.33. The molecule has 0 unspecified atom stereocenters. The van der Waals surface area contributed by atoms with Crippen LogP contribution in [0.1, 0.15) is 0 Å². The molecule has 6 nitrogen and oxygen atoms in total. The zero-order valence-corrected chi connectivity index (χ0v) is 14.3. The number of halogens is 1. The molecule has 0 saturated heterocycles. The van der Waals surface area contributed by atoms with Crippen molar-refractivity contribution in [2.24, 2.45) is 0 Å². The number of anilines is 1. The lowest BCUT2D eigenvalue weighted by Gasteiger charge is -2.08. The molecule has 0 fully saturated rings. The molecule has 0 atom stereocenters. The van der Waals surface area contributed by atoms with Crippen molar-refractivity contribution in [2.45, 2.75) is 0 Å². The van der Waals surface area contributed by atoms with Crippen LogP contribution in [-0.4, -0.2) is 29.2 Å². The first-order chi connectivity index (χ1) is 12.0. The lowest BCUT2D eigenvalue weighted by Crippen LogP contribution is -2.08. The molecule has 1 N–H and O–H groups in total. The van der Waals surface area contributed by atoms with Crippen molar-refractivity contribution >= 4 is 39.5 Å². The van der Waals surface area contributed by atoms with Crippen LogP contribution < -0.4 is 9.64 Å². The normalized spacial score (nSPS) is 11.2. The zero-order chi connectivity index (χ0) is 17.6. The molecule has 2 aromatic heterocycles. The molecule has 0 saturated carbocycles. The largest absolute Gasteiger partial charge is 0.506 e. The number of fused-ring (bicyclic) bond motifs is 2. The van der Waals surface area contributed by atoms with Crippen molar-refractivity contribution in [3.05, 3.63) is 47.7 Å². The zero-order valence-electron chi connectivity index (χ0n) is 13.5. The van der Waals surface area contributed by atoms with E-state index >= 15 is 0 Å². The third kappa shape index (κ3) is 2.81. The molecule has 2 aromatic carbocycles. The summed E-state index contributed by atoms with van der Waals surface area (Å²) in [6, 6.07) is 11.2. The summed E-state index contributed by atoms with van der Waals surface area (Å²) in [5, 5.41) is 11.4. The van der Waals surface area contributed by atoms with Crippen LogP contribution in [0.25, 0.3) is 21.9 Å². The molecule has 126 valence electrons. The molecule has 25 heavy (non-hydrogen) atoms. The lowest BCUT2D eigenvalue weighted by molar-refractivity contribution is 0.478. The van der Waals surface area contributed by atoms with Crippen LogP contribution >= 0.6 is 11.6 Å². The number of nitrogens with zero attached hydrogens (tertiary/aromatic N) is 3. The molecule has 2 heterocycles. The van der Waals surface area contributed by atoms with Gasteiger partial charge in [0.2, 0.25) is 0 Å². The second-order valence-corrected chi connectivity index (χ2v) is 6.12. The summed E-state index contributed by atoms with van der Waals surface area (Å²) in [5.74, 6) is 1.28. The van der Waals surface area contributed by atoms with Crippen LogP contribution in [-0.2, 0) is 0 Å². The first-order valence-electron chi connectivity index (χ1n) is 7.54. The summed E-state index contributed by atoms with van der Waals surface area (Å²) in [5.41, 5.74) is 1.39. The van der Waals surface area contributed by atoms with Crippen LogP contribution in [0.3, 0.4) is 0 Å². The van der Waals surface area contributed by atoms with E-state index in [1.165, 1.54) is 6.20 Å². The van der Waals surface area contributed by atoms with E-state index in [1.54, 1.807) is 35.2 Å². The van der Waals surface area contributed by atoms with Crippen LogP contribution in [0.5, 0.6) is 17.2 Å². The number of pyridine rings is 1. The fourth-order valence-electron chi connectivity index (χ4n) is 2.52. The van der Waals surface area contributed by atoms with E-state index in [9.17, 15) is 5.11 Å². The van der Waals surface area contributed by atoms with Crippen molar-refractivity contribution in [3.63, 3.8) is 0 Å². The second kappa shape index (κ2) is 5.82. The van der Waals surface area contributed by atoms with E-state index in [2.05, 4.69) is 9.97 Å². The van der Waals surface area contributed by atoms with Gasteiger partial charge in [-0.15, -0.1) is 0 Å². The molecule has 0 spiro atoms. The SMILES string of the molecule is CN(C)c1nc2cc(Oc3ccc4c(O)cnc(Cl)c4c3)ccc2o1. The average Bonchev–Trinajstić information content (AvgIpc) is 3.02. The molecule has 0 amide bonds. The number of aromatic nitrogens is 2. The summed E-state index contributed by atoms with van der Waals surface area (Å²) < 4.78 is 11.5. The molecule has 0 aliphatic heterocycles. The highest BCUT2D eigenvalue weighted by atomic mass is 35.5. The Balaban J connectivity index is 1.71. The van der Waals surface area contributed by atoms with Crippen molar-refractivity contribution in [1.29, 1.82) is 0 Å². The summed E-state index contributed by atoms with van der Waals surface area (Å²) in [6.45, 7) is 0. The number of aromatic hydroxyl groups is 1. The van der Waals surface area contributed by atoms with Gasteiger partial charge >= 0.3 is 0 Å². The van der Waals surface area contributed by atoms with Crippen LogP contribution in [0.4, 0.5) is 6.01 Å². The maximum atomic E-state index is 9.86. The first-order valence-corrected chi connectivity index (χ1v) is 7.92. The molecule has 7 heteroatoms. The molecule has 0 radical (unpaired) electrons. The van der Waals surface area contributed by atoms with Gasteiger partial charge in [0.1, 0.15) is 27.9 Å². The van der Waals surface area contributed by atoms with E-state index in [4.69, 9.17) is 20.8 Å². The molecule has 0 bridgehead atoms. The highest BCUT2D eigenvalue weighted by Crippen LogP contribution is 2.34. The number of benzene rings is 2. The minimum absolute atomic E-state index is 0.0752. The Labute approximate surface area is 148 Å². The predicted molar refractivity (Wildman–Crippen MR) is 96.8 cm³/mol. The van der Waals surface area contributed by atoms with Gasteiger partial charge in [0, 0.05) is 30.9 Å². The molecular weight excluding hydrogens is 342 g/mol. The van der Waals surface area contributed by atoms with E-state index < -0.39 is 0 Å². The first kappa shape index (κ1) is 15.5. The van der Waals surface area contributed by atoms with Gasteiger partial charge in [-0.3, -0.25) is 0 Å². The summed E-state index contributed by atoms with van der Waals surface area (Å²) in [7, 11) is 3.73. The Morgan fingerprint density at radius 3 is 2.64 bits per heavy atom. The molecule has 0 aliphatic rings. The number of hydrogen-bond acceptors (Lipinski definition) is 6. The lowest BCUT2D eigenvalue weighted by atomic mass is 10.1. The van der Waals surface area contributed by atoms with Gasteiger partial charge in [-0.2, -0.15) is 4.98 Å².